The van der Waals surface area contributed by atoms with Crippen LogP contribution < -0.4 is 5.73 Å². The highest BCUT2D eigenvalue weighted by molar-refractivity contribution is 9.10. The summed E-state index contributed by atoms with van der Waals surface area (Å²) in [6.07, 6.45) is 3.20. The van der Waals surface area contributed by atoms with Crippen LogP contribution in [0.15, 0.2) is 33.8 Å². The number of hydrazone groups is 1. The van der Waals surface area contributed by atoms with E-state index in [2.05, 4.69) is 21.0 Å². The number of halogens is 1. The van der Waals surface area contributed by atoms with Crippen LogP contribution in [0.2, 0.25) is 0 Å². The maximum Gasteiger partial charge on any atom is 0.335 e. The summed E-state index contributed by atoms with van der Waals surface area (Å²) in [6.45, 7) is 0. The monoisotopic (exact) mass is 307 g/mol. The van der Waals surface area contributed by atoms with Crippen molar-refractivity contribution < 1.29 is 4.79 Å². The zero-order valence-corrected chi connectivity index (χ0v) is 11.4. The van der Waals surface area contributed by atoms with Gasteiger partial charge in [0, 0.05) is 16.6 Å². The number of nitrogens with two attached hydrogens (primary N) is 1. The van der Waals surface area contributed by atoms with Crippen LogP contribution in [-0.2, 0) is 0 Å². The normalized spacial score (nSPS) is 23.1. The predicted octanol–water partition coefficient (Wildman–Crippen LogP) is 3.04. The Morgan fingerprint density at radius 3 is 2.56 bits per heavy atom. The number of primary amides is 1. The van der Waals surface area contributed by atoms with Crippen molar-refractivity contribution in [2.45, 2.75) is 25.3 Å². The maximum absolute atomic E-state index is 11.5. The number of amides is 2. The lowest BCUT2D eigenvalue weighted by Gasteiger charge is -2.19. The number of nitrogens with zero attached hydrogens (tertiary/aromatic N) is 2. The Kier molecular flexibility index (Phi) is 2.86. The lowest BCUT2D eigenvalue weighted by molar-refractivity contribution is 0.196. The molecule has 5 heteroatoms. The molecule has 1 fully saturated rings. The van der Waals surface area contributed by atoms with Crippen LogP contribution in [0.25, 0.3) is 0 Å². The molecule has 2 aliphatic rings. The van der Waals surface area contributed by atoms with Crippen molar-refractivity contribution in [2.24, 2.45) is 16.8 Å². The first-order valence-corrected chi connectivity index (χ1v) is 6.86. The van der Waals surface area contributed by atoms with E-state index in [0.717, 1.165) is 22.2 Å². The van der Waals surface area contributed by atoms with Crippen LogP contribution >= 0.6 is 15.9 Å². The summed E-state index contributed by atoms with van der Waals surface area (Å²) in [6, 6.07) is 7.46. The molecule has 0 aromatic heterocycles. The quantitative estimate of drug-likeness (QED) is 0.897. The van der Waals surface area contributed by atoms with Gasteiger partial charge in [0.1, 0.15) is 0 Å². The predicted molar refractivity (Wildman–Crippen MR) is 73.1 cm³/mol. The molecule has 1 saturated carbocycles. The molecule has 1 aromatic rings. The largest absolute Gasteiger partial charge is 0.350 e. The second kappa shape index (κ2) is 4.39. The van der Waals surface area contributed by atoms with Gasteiger partial charge in [0.15, 0.2) is 0 Å². The first-order valence-electron chi connectivity index (χ1n) is 6.06. The van der Waals surface area contributed by atoms with E-state index in [9.17, 15) is 4.79 Å². The molecule has 1 heterocycles. The van der Waals surface area contributed by atoms with Crippen LogP contribution in [-0.4, -0.2) is 16.8 Å². The lowest BCUT2D eigenvalue weighted by atomic mass is 10.0. The van der Waals surface area contributed by atoms with Crippen molar-refractivity contribution in [3.8, 4) is 0 Å². The summed E-state index contributed by atoms with van der Waals surface area (Å²) in [5, 5.41) is 5.82. The molecule has 0 spiro atoms. The van der Waals surface area contributed by atoms with Gasteiger partial charge in [-0.1, -0.05) is 28.1 Å². The van der Waals surface area contributed by atoms with E-state index in [0.29, 0.717) is 5.92 Å². The van der Waals surface area contributed by atoms with Crippen molar-refractivity contribution in [2.75, 3.05) is 0 Å². The third-order valence-electron chi connectivity index (χ3n) is 3.46. The molecule has 0 bridgehead atoms. The highest BCUT2D eigenvalue weighted by Crippen LogP contribution is 2.40. The second-order valence-electron chi connectivity index (χ2n) is 4.82. The molecule has 1 aliphatic heterocycles. The minimum atomic E-state index is -0.474. The Hall–Kier alpha value is -1.36. The molecule has 2 N–H and O–H groups in total. The summed E-state index contributed by atoms with van der Waals surface area (Å²) in [4.78, 5) is 11.5. The van der Waals surface area contributed by atoms with Crippen LogP contribution in [0.3, 0.4) is 0 Å². The molecular weight excluding hydrogens is 294 g/mol. The summed E-state index contributed by atoms with van der Waals surface area (Å²) in [7, 11) is 0. The number of rotatable bonds is 2. The third-order valence-corrected chi connectivity index (χ3v) is 3.99. The van der Waals surface area contributed by atoms with Crippen molar-refractivity contribution in [1.82, 2.24) is 5.01 Å². The molecular formula is C13H14BrN3O. The highest BCUT2D eigenvalue weighted by atomic mass is 79.9. The Morgan fingerprint density at radius 1 is 1.33 bits per heavy atom. The summed E-state index contributed by atoms with van der Waals surface area (Å²) in [5.74, 6) is 0.576. The maximum atomic E-state index is 11.5. The van der Waals surface area contributed by atoms with Gasteiger partial charge in [0.2, 0.25) is 0 Å². The second-order valence-corrected chi connectivity index (χ2v) is 5.74. The molecule has 2 amide bonds. The fourth-order valence-corrected chi connectivity index (χ4v) is 2.61. The van der Waals surface area contributed by atoms with E-state index in [-0.39, 0.29) is 6.04 Å². The summed E-state index contributed by atoms with van der Waals surface area (Å²) in [5.41, 5.74) is 7.62. The zero-order chi connectivity index (χ0) is 12.7. The lowest BCUT2D eigenvalue weighted by Crippen LogP contribution is -2.31. The van der Waals surface area contributed by atoms with Crippen molar-refractivity contribution in [1.29, 1.82) is 0 Å². The fraction of sp³-hybridized carbons (Fsp3) is 0.385. The first kappa shape index (κ1) is 11.7. The standard InChI is InChI=1S/C13H14BrN3O/c14-10-5-3-9(4-6-10)12-7-11(8-1-2-8)16-17(12)13(15)18/h3-6,8,12H,1-2,7H2,(H2,15,18). The van der Waals surface area contributed by atoms with Crippen molar-refractivity contribution >= 4 is 27.7 Å². The summed E-state index contributed by atoms with van der Waals surface area (Å²) < 4.78 is 1.03. The van der Waals surface area contributed by atoms with E-state index in [1.54, 1.807) is 0 Å². The van der Waals surface area contributed by atoms with E-state index in [1.165, 1.54) is 17.9 Å². The Morgan fingerprint density at radius 2 is 2.00 bits per heavy atom. The van der Waals surface area contributed by atoms with E-state index in [4.69, 9.17) is 5.73 Å². The van der Waals surface area contributed by atoms with Crippen LogP contribution in [0.5, 0.6) is 0 Å². The smallest absolute Gasteiger partial charge is 0.335 e. The van der Waals surface area contributed by atoms with Crippen LogP contribution in [0, 0.1) is 5.92 Å². The average molecular weight is 308 g/mol. The van der Waals surface area contributed by atoms with Crippen molar-refractivity contribution in [3.05, 3.63) is 34.3 Å². The number of benzene rings is 1. The van der Waals surface area contributed by atoms with E-state index >= 15 is 0 Å². The Balaban J connectivity index is 1.87. The molecule has 1 atom stereocenters. The number of carbonyl (C=O) groups excluding carboxylic acids is 1. The van der Waals surface area contributed by atoms with Gasteiger partial charge in [0.05, 0.1) is 6.04 Å². The molecule has 0 saturated heterocycles. The molecule has 18 heavy (non-hydrogen) atoms. The topological polar surface area (TPSA) is 58.7 Å². The van der Waals surface area contributed by atoms with Gasteiger partial charge in [-0.25, -0.2) is 9.80 Å². The Labute approximate surface area is 114 Å². The van der Waals surface area contributed by atoms with Gasteiger partial charge in [-0.05, 0) is 36.5 Å². The number of hydrogen-bond acceptors (Lipinski definition) is 2. The molecule has 3 rings (SSSR count). The third kappa shape index (κ3) is 2.14. The number of hydrogen-bond donors (Lipinski definition) is 1. The van der Waals surface area contributed by atoms with E-state index in [1.807, 2.05) is 24.3 Å². The van der Waals surface area contributed by atoms with Gasteiger partial charge in [-0.2, -0.15) is 5.10 Å². The minimum Gasteiger partial charge on any atom is -0.350 e. The summed E-state index contributed by atoms with van der Waals surface area (Å²) >= 11 is 3.41. The fourth-order valence-electron chi connectivity index (χ4n) is 2.35. The van der Waals surface area contributed by atoms with Crippen LogP contribution in [0.1, 0.15) is 30.9 Å². The Bertz CT molecular complexity index is 507. The van der Waals surface area contributed by atoms with Gasteiger partial charge < -0.3 is 5.73 Å². The zero-order valence-electron chi connectivity index (χ0n) is 9.84. The van der Waals surface area contributed by atoms with Gasteiger partial charge in [-0.15, -0.1) is 0 Å². The molecule has 0 radical (unpaired) electrons. The average Bonchev–Trinajstić information content (AvgIpc) is 3.09. The molecule has 4 nitrogen and oxygen atoms in total. The SMILES string of the molecule is NC(=O)N1N=C(C2CC2)CC1c1ccc(Br)cc1. The van der Waals surface area contributed by atoms with E-state index < -0.39 is 6.03 Å². The molecule has 1 unspecified atom stereocenters. The van der Waals surface area contributed by atoms with Crippen molar-refractivity contribution in [3.63, 3.8) is 0 Å². The molecule has 1 aromatic carbocycles. The number of carbonyl (C=O) groups is 1. The highest BCUT2D eigenvalue weighted by Gasteiger charge is 2.38. The number of urea groups is 1. The van der Waals surface area contributed by atoms with Crippen LogP contribution in [0.4, 0.5) is 4.79 Å². The van der Waals surface area contributed by atoms with Gasteiger partial charge >= 0.3 is 6.03 Å². The minimum absolute atomic E-state index is 0.0359. The molecule has 1 aliphatic carbocycles. The molecule has 94 valence electrons. The van der Waals surface area contributed by atoms with Gasteiger partial charge in [0.25, 0.3) is 0 Å². The first-order chi connectivity index (χ1) is 8.65. The van der Waals surface area contributed by atoms with Gasteiger partial charge in [-0.3, -0.25) is 0 Å².